The maximum Gasteiger partial charge on any atom is 0.119 e. The van der Waals surface area contributed by atoms with E-state index in [0.29, 0.717) is 6.61 Å². The van der Waals surface area contributed by atoms with Gasteiger partial charge in [-0.15, -0.1) is 12.8 Å². The largest absolute Gasteiger partial charge is 0.489 e. The summed E-state index contributed by atoms with van der Waals surface area (Å²) in [5.41, 5.74) is 2.80. The van der Waals surface area contributed by atoms with Crippen LogP contribution in [-0.4, -0.2) is 0 Å². The first-order valence-corrected chi connectivity index (χ1v) is 5.57. The average molecular weight is 232 g/mol. The standard InChI is InChI=1S/C17H12O/c1-3-14-5-7-16(8-6-14)13-18-17-11-9-15(4-2)10-12-17/h1-2,5-12H,13H2. The van der Waals surface area contributed by atoms with E-state index in [2.05, 4.69) is 11.8 Å². The molecule has 0 radical (unpaired) electrons. The van der Waals surface area contributed by atoms with E-state index >= 15 is 0 Å². The zero-order valence-electron chi connectivity index (χ0n) is 9.89. The molecule has 0 aromatic heterocycles. The summed E-state index contributed by atoms with van der Waals surface area (Å²) < 4.78 is 5.64. The van der Waals surface area contributed by atoms with Crippen molar-refractivity contribution in [3.05, 3.63) is 65.2 Å². The molecule has 1 heteroatoms. The van der Waals surface area contributed by atoms with E-state index in [1.54, 1.807) is 0 Å². The Bertz CT molecular complexity index is 535. The van der Waals surface area contributed by atoms with E-state index in [9.17, 15) is 0 Å². The van der Waals surface area contributed by atoms with Gasteiger partial charge in [-0.25, -0.2) is 0 Å². The molecule has 2 aromatic rings. The smallest absolute Gasteiger partial charge is 0.119 e. The van der Waals surface area contributed by atoms with Gasteiger partial charge in [0.1, 0.15) is 12.4 Å². The molecule has 18 heavy (non-hydrogen) atoms. The predicted molar refractivity (Wildman–Crippen MR) is 73.1 cm³/mol. The van der Waals surface area contributed by atoms with Gasteiger partial charge in [0.25, 0.3) is 0 Å². The molecule has 86 valence electrons. The summed E-state index contributed by atoms with van der Waals surface area (Å²) in [5, 5.41) is 0. The molecular weight excluding hydrogens is 220 g/mol. The highest BCUT2D eigenvalue weighted by molar-refractivity contribution is 5.37. The normalized spacial score (nSPS) is 9.22. The summed E-state index contributed by atoms with van der Waals surface area (Å²) >= 11 is 0. The first kappa shape index (κ1) is 11.8. The van der Waals surface area contributed by atoms with Crippen LogP contribution in [0.4, 0.5) is 0 Å². The molecule has 0 aliphatic carbocycles. The van der Waals surface area contributed by atoms with E-state index in [1.807, 2.05) is 48.5 Å². The summed E-state index contributed by atoms with van der Waals surface area (Å²) in [4.78, 5) is 0. The van der Waals surface area contributed by atoms with Crippen LogP contribution in [-0.2, 0) is 6.61 Å². The van der Waals surface area contributed by atoms with Gasteiger partial charge in [0, 0.05) is 11.1 Å². The highest BCUT2D eigenvalue weighted by Gasteiger charge is 1.96. The van der Waals surface area contributed by atoms with Crippen molar-refractivity contribution in [3.8, 4) is 30.4 Å². The molecule has 0 amide bonds. The zero-order valence-corrected chi connectivity index (χ0v) is 9.89. The molecule has 0 spiro atoms. The number of hydrogen-bond donors (Lipinski definition) is 0. The molecule has 0 saturated carbocycles. The quantitative estimate of drug-likeness (QED) is 0.738. The Kier molecular flexibility index (Phi) is 3.69. The van der Waals surface area contributed by atoms with Crippen molar-refractivity contribution in [3.63, 3.8) is 0 Å². The highest BCUT2D eigenvalue weighted by Crippen LogP contribution is 2.14. The lowest BCUT2D eigenvalue weighted by atomic mass is 10.1. The van der Waals surface area contributed by atoms with Crippen molar-refractivity contribution in [2.45, 2.75) is 6.61 Å². The molecule has 1 nitrogen and oxygen atoms in total. The highest BCUT2D eigenvalue weighted by atomic mass is 16.5. The van der Waals surface area contributed by atoms with Crippen LogP contribution >= 0.6 is 0 Å². The number of benzene rings is 2. The van der Waals surface area contributed by atoms with Crippen LogP contribution in [0.2, 0.25) is 0 Å². The van der Waals surface area contributed by atoms with Gasteiger partial charge in [0.05, 0.1) is 0 Å². The lowest BCUT2D eigenvalue weighted by Crippen LogP contribution is -1.95. The van der Waals surface area contributed by atoms with Gasteiger partial charge < -0.3 is 4.74 Å². The first-order valence-electron chi connectivity index (χ1n) is 5.57. The molecule has 2 aromatic carbocycles. The summed E-state index contributed by atoms with van der Waals surface area (Å²) in [6.07, 6.45) is 10.6. The molecule has 0 aliphatic rings. The van der Waals surface area contributed by atoms with Gasteiger partial charge in [-0.3, -0.25) is 0 Å². The fourth-order valence-electron chi connectivity index (χ4n) is 1.51. The minimum absolute atomic E-state index is 0.514. The topological polar surface area (TPSA) is 9.23 Å². The predicted octanol–water partition coefficient (Wildman–Crippen LogP) is 3.23. The fraction of sp³-hybridized carbons (Fsp3) is 0.0588. The maximum atomic E-state index is 5.64. The second kappa shape index (κ2) is 5.62. The van der Waals surface area contributed by atoms with Crippen molar-refractivity contribution in [1.82, 2.24) is 0 Å². The Morgan fingerprint density at radius 3 is 1.78 bits per heavy atom. The molecule has 0 bridgehead atoms. The summed E-state index contributed by atoms with van der Waals surface area (Å²) in [7, 11) is 0. The minimum atomic E-state index is 0.514. The minimum Gasteiger partial charge on any atom is -0.489 e. The van der Waals surface area contributed by atoms with Crippen LogP contribution in [0.3, 0.4) is 0 Å². The Labute approximate surface area is 107 Å². The van der Waals surface area contributed by atoms with E-state index in [1.165, 1.54) is 0 Å². The van der Waals surface area contributed by atoms with Crippen LogP contribution in [0.25, 0.3) is 0 Å². The Morgan fingerprint density at radius 2 is 1.28 bits per heavy atom. The van der Waals surface area contributed by atoms with Gasteiger partial charge >= 0.3 is 0 Å². The lowest BCUT2D eigenvalue weighted by Gasteiger charge is -2.06. The molecule has 0 atom stereocenters. The Hall–Kier alpha value is -2.64. The van der Waals surface area contributed by atoms with Crippen LogP contribution in [0, 0.1) is 24.7 Å². The van der Waals surface area contributed by atoms with Gasteiger partial charge in [0.15, 0.2) is 0 Å². The monoisotopic (exact) mass is 232 g/mol. The van der Waals surface area contributed by atoms with Crippen molar-refractivity contribution >= 4 is 0 Å². The molecule has 0 N–H and O–H groups in total. The third-order valence-corrected chi connectivity index (χ3v) is 2.55. The van der Waals surface area contributed by atoms with Crippen molar-refractivity contribution < 1.29 is 4.74 Å². The second-order valence-electron chi connectivity index (χ2n) is 3.80. The zero-order chi connectivity index (χ0) is 12.8. The number of ether oxygens (including phenoxy) is 1. The number of rotatable bonds is 3. The molecule has 0 heterocycles. The lowest BCUT2D eigenvalue weighted by molar-refractivity contribution is 0.306. The van der Waals surface area contributed by atoms with Crippen LogP contribution in [0.15, 0.2) is 48.5 Å². The summed E-state index contributed by atoms with van der Waals surface area (Å²) in [6.45, 7) is 0.514. The Balaban J connectivity index is 1.98. The summed E-state index contributed by atoms with van der Waals surface area (Å²) in [6, 6.07) is 15.2. The molecule has 0 unspecified atom stereocenters. The van der Waals surface area contributed by atoms with Crippen molar-refractivity contribution in [2.75, 3.05) is 0 Å². The van der Waals surface area contributed by atoms with E-state index in [0.717, 1.165) is 22.4 Å². The van der Waals surface area contributed by atoms with Crippen LogP contribution < -0.4 is 4.74 Å². The molecule has 0 fully saturated rings. The van der Waals surface area contributed by atoms with Crippen molar-refractivity contribution in [1.29, 1.82) is 0 Å². The van der Waals surface area contributed by atoms with Gasteiger partial charge in [0.2, 0.25) is 0 Å². The van der Waals surface area contributed by atoms with Gasteiger partial charge in [-0.05, 0) is 42.0 Å². The van der Waals surface area contributed by atoms with Gasteiger partial charge in [-0.1, -0.05) is 24.0 Å². The number of terminal acetylenes is 2. The SMILES string of the molecule is C#Cc1ccc(COc2ccc(C#C)cc2)cc1. The van der Waals surface area contributed by atoms with Crippen LogP contribution in [0.1, 0.15) is 16.7 Å². The van der Waals surface area contributed by atoms with E-state index in [-0.39, 0.29) is 0 Å². The second-order valence-corrected chi connectivity index (χ2v) is 3.80. The molecule has 0 aliphatic heterocycles. The van der Waals surface area contributed by atoms with Crippen molar-refractivity contribution in [2.24, 2.45) is 0 Å². The van der Waals surface area contributed by atoms with E-state index < -0.39 is 0 Å². The van der Waals surface area contributed by atoms with Crippen LogP contribution in [0.5, 0.6) is 5.75 Å². The maximum absolute atomic E-state index is 5.64. The third-order valence-electron chi connectivity index (χ3n) is 2.55. The third kappa shape index (κ3) is 2.94. The average Bonchev–Trinajstić information content (AvgIpc) is 2.46. The molecule has 0 saturated heterocycles. The number of hydrogen-bond acceptors (Lipinski definition) is 1. The fourth-order valence-corrected chi connectivity index (χ4v) is 1.51. The van der Waals surface area contributed by atoms with E-state index in [4.69, 9.17) is 17.6 Å². The van der Waals surface area contributed by atoms with Gasteiger partial charge in [-0.2, -0.15) is 0 Å². The molecular formula is C17H12O. The summed E-state index contributed by atoms with van der Waals surface area (Å²) in [5.74, 6) is 5.95. The molecule has 2 rings (SSSR count). The Morgan fingerprint density at radius 1 is 0.778 bits per heavy atom. The first-order chi connectivity index (χ1) is 8.81.